The van der Waals surface area contributed by atoms with Gasteiger partial charge >= 0.3 is 0 Å². The number of likely N-dealkylation sites (tertiary alicyclic amines) is 1. The van der Waals surface area contributed by atoms with Gasteiger partial charge in [-0.25, -0.2) is 0 Å². The van der Waals surface area contributed by atoms with E-state index in [1.807, 2.05) is 29.3 Å². The zero-order valence-corrected chi connectivity index (χ0v) is 18.7. The minimum Gasteiger partial charge on any atom is -0.356 e. The molecule has 1 unspecified atom stereocenters. The first kappa shape index (κ1) is 21.7. The summed E-state index contributed by atoms with van der Waals surface area (Å²) in [7, 11) is 0. The van der Waals surface area contributed by atoms with Gasteiger partial charge in [0.1, 0.15) is 6.04 Å². The Hall–Kier alpha value is -2.00. The Morgan fingerprint density at radius 1 is 1.38 bits per heavy atom. The fourth-order valence-electron chi connectivity index (χ4n) is 3.71. The number of thiophene rings is 1. The summed E-state index contributed by atoms with van der Waals surface area (Å²) in [5, 5.41) is 12.1. The van der Waals surface area contributed by atoms with Crippen LogP contribution in [0.1, 0.15) is 52.0 Å². The molecule has 3 rings (SSSR count). The summed E-state index contributed by atoms with van der Waals surface area (Å²) in [4.78, 5) is 28.3. The van der Waals surface area contributed by atoms with Crippen LogP contribution in [0.3, 0.4) is 0 Å². The van der Waals surface area contributed by atoms with Crippen LogP contribution >= 0.6 is 23.6 Å². The molecule has 1 saturated heterocycles. The van der Waals surface area contributed by atoms with Crippen molar-refractivity contribution in [3.8, 4) is 10.7 Å². The molecule has 0 aromatic carbocycles. The van der Waals surface area contributed by atoms with Crippen molar-refractivity contribution >= 4 is 35.4 Å². The Morgan fingerprint density at radius 2 is 2.14 bits per heavy atom. The van der Waals surface area contributed by atoms with Gasteiger partial charge in [0, 0.05) is 25.6 Å². The molecule has 0 radical (unpaired) electrons. The van der Waals surface area contributed by atoms with Crippen LogP contribution in [0.15, 0.2) is 17.5 Å². The van der Waals surface area contributed by atoms with Gasteiger partial charge in [-0.05, 0) is 49.9 Å². The normalized spacial score (nSPS) is 16.0. The molecule has 1 fully saturated rings. The summed E-state index contributed by atoms with van der Waals surface area (Å²) in [5.74, 6) is 0.821. The van der Waals surface area contributed by atoms with Gasteiger partial charge in [0.2, 0.25) is 11.8 Å². The van der Waals surface area contributed by atoms with Gasteiger partial charge in [-0.15, -0.1) is 11.3 Å². The average Bonchev–Trinajstić information content (AvgIpc) is 3.39. The minimum atomic E-state index is -0.447. The fourth-order valence-corrected chi connectivity index (χ4v) is 4.71. The van der Waals surface area contributed by atoms with Crippen molar-refractivity contribution in [3.05, 3.63) is 22.3 Å². The van der Waals surface area contributed by atoms with E-state index in [1.54, 1.807) is 15.9 Å². The number of unbranched alkanes of at least 4 members (excludes halogenated alkanes) is 2. The summed E-state index contributed by atoms with van der Waals surface area (Å²) in [6, 6.07) is 3.47. The number of hydrogen-bond donors (Lipinski definition) is 2. The maximum atomic E-state index is 13.1. The van der Waals surface area contributed by atoms with E-state index in [9.17, 15) is 9.59 Å². The van der Waals surface area contributed by atoms with Crippen LogP contribution in [0.25, 0.3) is 10.7 Å². The average molecular weight is 436 g/mol. The van der Waals surface area contributed by atoms with Crippen LogP contribution in [0.5, 0.6) is 0 Å². The molecule has 3 heterocycles. The number of amides is 2. The lowest BCUT2D eigenvalue weighted by Gasteiger charge is -2.33. The quantitative estimate of drug-likeness (QED) is 0.488. The highest BCUT2D eigenvalue weighted by atomic mass is 32.1. The van der Waals surface area contributed by atoms with E-state index in [0.29, 0.717) is 36.5 Å². The Labute approximate surface area is 180 Å². The monoisotopic (exact) mass is 435 g/mol. The standard InChI is InChI=1S/C20H29N5O2S2/c1-3-4-5-10-21-18(26)15-8-11-24(12-9-15)19(27)14(2)25-17(22-23-20(25)28)16-7-6-13-29-16/h6-7,13-15H,3-5,8-12H2,1-2H3,(H,21,26)(H,23,28). The van der Waals surface area contributed by atoms with Gasteiger partial charge in [-0.1, -0.05) is 25.8 Å². The third-order valence-electron chi connectivity index (χ3n) is 5.45. The van der Waals surface area contributed by atoms with Crippen molar-refractivity contribution in [2.75, 3.05) is 19.6 Å². The number of rotatable bonds is 8. The molecule has 7 nitrogen and oxygen atoms in total. The molecule has 9 heteroatoms. The van der Waals surface area contributed by atoms with Crippen LogP contribution in [0.4, 0.5) is 0 Å². The maximum Gasteiger partial charge on any atom is 0.245 e. The highest BCUT2D eigenvalue weighted by Gasteiger charge is 2.31. The number of carbonyl (C=O) groups excluding carboxylic acids is 2. The predicted octanol–water partition coefficient (Wildman–Crippen LogP) is 3.78. The smallest absolute Gasteiger partial charge is 0.245 e. The molecule has 0 aliphatic carbocycles. The fraction of sp³-hybridized carbons (Fsp3) is 0.600. The zero-order chi connectivity index (χ0) is 20.8. The van der Waals surface area contributed by atoms with E-state index < -0.39 is 6.04 Å². The summed E-state index contributed by atoms with van der Waals surface area (Å²) < 4.78 is 2.23. The van der Waals surface area contributed by atoms with Crippen LogP contribution in [-0.4, -0.2) is 51.1 Å². The van der Waals surface area contributed by atoms with E-state index in [2.05, 4.69) is 22.4 Å². The second-order valence-corrected chi connectivity index (χ2v) is 8.81. The number of nitrogens with one attached hydrogen (secondary N) is 2. The molecule has 2 amide bonds. The number of piperidine rings is 1. The van der Waals surface area contributed by atoms with Crippen LogP contribution in [-0.2, 0) is 9.59 Å². The van der Waals surface area contributed by atoms with E-state index in [4.69, 9.17) is 12.2 Å². The molecule has 1 atom stereocenters. The number of hydrogen-bond acceptors (Lipinski definition) is 5. The van der Waals surface area contributed by atoms with Gasteiger partial charge in [-0.3, -0.25) is 19.3 Å². The first-order valence-corrected chi connectivity index (χ1v) is 11.6. The number of nitrogens with zero attached hydrogens (tertiary/aromatic N) is 3. The molecule has 1 aliphatic heterocycles. The lowest BCUT2D eigenvalue weighted by Crippen LogP contribution is -2.45. The van der Waals surface area contributed by atoms with Gasteiger partial charge in [-0.2, -0.15) is 5.10 Å². The van der Waals surface area contributed by atoms with Crippen molar-refractivity contribution in [2.24, 2.45) is 5.92 Å². The van der Waals surface area contributed by atoms with Crippen LogP contribution in [0, 0.1) is 10.7 Å². The molecule has 2 aromatic heterocycles. The highest BCUT2D eigenvalue weighted by molar-refractivity contribution is 7.71. The van der Waals surface area contributed by atoms with E-state index in [-0.39, 0.29) is 17.7 Å². The first-order valence-electron chi connectivity index (χ1n) is 10.3. The number of carbonyl (C=O) groups is 2. The second kappa shape index (κ2) is 10.2. The lowest BCUT2D eigenvalue weighted by molar-refractivity contribution is -0.138. The van der Waals surface area contributed by atoms with E-state index in [1.165, 1.54) is 0 Å². The molecule has 2 N–H and O–H groups in total. The zero-order valence-electron chi connectivity index (χ0n) is 17.0. The predicted molar refractivity (Wildman–Crippen MR) is 117 cm³/mol. The third-order valence-corrected chi connectivity index (χ3v) is 6.60. The second-order valence-electron chi connectivity index (χ2n) is 7.47. The highest BCUT2D eigenvalue weighted by Crippen LogP contribution is 2.27. The van der Waals surface area contributed by atoms with E-state index >= 15 is 0 Å². The summed E-state index contributed by atoms with van der Waals surface area (Å²) >= 11 is 6.94. The molecular formula is C20H29N5O2S2. The van der Waals surface area contributed by atoms with Crippen molar-refractivity contribution in [1.29, 1.82) is 0 Å². The molecule has 158 valence electrons. The molecule has 1 aliphatic rings. The van der Waals surface area contributed by atoms with Gasteiger partial charge < -0.3 is 10.2 Å². The largest absolute Gasteiger partial charge is 0.356 e. The summed E-state index contributed by atoms with van der Waals surface area (Å²) in [5.41, 5.74) is 0. The van der Waals surface area contributed by atoms with Gasteiger partial charge in [0.25, 0.3) is 0 Å². The number of aromatic amines is 1. The van der Waals surface area contributed by atoms with Crippen LogP contribution in [0.2, 0.25) is 0 Å². The van der Waals surface area contributed by atoms with Crippen molar-refractivity contribution in [1.82, 2.24) is 25.0 Å². The number of aromatic nitrogens is 3. The number of H-pyrrole nitrogens is 1. The Bertz CT molecular complexity index is 866. The lowest BCUT2D eigenvalue weighted by atomic mass is 9.95. The van der Waals surface area contributed by atoms with Crippen LogP contribution < -0.4 is 5.32 Å². The first-order chi connectivity index (χ1) is 14.0. The molecular weight excluding hydrogens is 406 g/mol. The summed E-state index contributed by atoms with van der Waals surface area (Å²) in [6.07, 6.45) is 4.70. The Kier molecular flexibility index (Phi) is 7.60. The molecule has 2 aromatic rings. The summed E-state index contributed by atoms with van der Waals surface area (Å²) in [6.45, 7) is 5.94. The van der Waals surface area contributed by atoms with Gasteiger partial charge in [0.05, 0.1) is 4.88 Å². The Morgan fingerprint density at radius 3 is 2.79 bits per heavy atom. The SMILES string of the molecule is CCCCCNC(=O)C1CCN(C(=O)C(C)n2c(-c3cccs3)n[nH]c2=S)CC1. The Balaban J connectivity index is 1.58. The van der Waals surface area contributed by atoms with Crippen molar-refractivity contribution in [3.63, 3.8) is 0 Å². The molecule has 0 spiro atoms. The molecule has 0 bridgehead atoms. The van der Waals surface area contributed by atoms with Crippen molar-refractivity contribution in [2.45, 2.75) is 52.0 Å². The van der Waals surface area contributed by atoms with Gasteiger partial charge in [0.15, 0.2) is 10.6 Å². The van der Waals surface area contributed by atoms with Crippen molar-refractivity contribution < 1.29 is 9.59 Å². The molecule has 0 saturated carbocycles. The minimum absolute atomic E-state index is 0.00578. The third kappa shape index (κ3) is 5.14. The maximum absolute atomic E-state index is 13.1. The topological polar surface area (TPSA) is 83.0 Å². The molecule has 29 heavy (non-hydrogen) atoms. The van der Waals surface area contributed by atoms with E-state index in [0.717, 1.165) is 30.7 Å².